The lowest BCUT2D eigenvalue weighted by atomic mass is 9.94. The normalized spacial score (nSPS) is 11.9. The van der Waals surface area contributed by atoms with Crippen molar-refractivity contribution in [2.24, 2.45) is 0 Å². The van der Waals surface area contributed by atoms with E-state index in [4.69, 9.17) is 29.9 Å². The van der Waals surface area contributed by atoms with Gasteiger partial charge >= 0.3 is 0 Å². The molecule has 0 bridgehead atoms. The van der Waals surface area contributed by atoms with Gasteiger partial charge in [0.2, 0.25) is 0 Å². The predicted octanol–water partition coefficient (Wildman–Crippen LogP) is 33.6. The van der Waals surface area contributed by atoms with Gasteiger partial charge in [0.25, 0.3) is 0 Å². The molecular weight excluding hydrogens is 1750 g/mol. The van der Waals surface area contributed by atoms with Gasteiger partial charge < -0.3 is 13.7 Å². The standard InChI is InChI=1S/C50H30N4.C44H28N4.C38H24N4/c1-2-13-36-34(11-1)35-12-3-4-14-37(35)41-29-33(23-24-38(36)41)53-46-19-9-5-15-39(46)42-27-31(21-25-48(42)53)32-22-26-49-43(28-32)40-16-6-10-20-47(40)54(49)50-30-51-44-17-7-8-18-45(44)52-50;1-3-13-29(14-4-1)43-45-38-20-10-7-19-35(38)44(46-43)48-40-22-12-9-18-34(40)37-28-31(24-26-42(37)48)30-23-25-41-36(27-30)33-17-8-11-21-39(33)47(41)32-15-5-2-6-16-32;1-2-10-27(11-3-1)41-34-16-8-4-12-28(34)30-22-25(18-20-36(30)41)26-19-21-37-31(23-26)29-13-5-9-17-35(29)42(37)38-24-39-32-14-6-7-15-33(32)40-38/h1-30H;1-28H;1-24H. The summed E-state index contributed by atoms with van der Waals surface area (Å²) in [6.45, 7) is 0. The van der Waals surface area contributed by atoms with E-state index < -0.39 is 0 Å². The van der Waals surface area contributed by atoms with E-state index in [0.717, 1.165) is 101 Å². The van der Waals surface area contributed by atoms with Gasteiger partial charge in [0.05, 0.1) is 106 Å². The first-order valence-electron chi connectivity index (χ1n) is 48.9. The van der Waals surface area contributed by atoms with Crippen molar-refractivity contribution in [3.8, 4) is 79.3 Å². The van der Waals surface area contributed by atoms with Crippen LogP contribution in [0.25, 0.3) is 275 Å². The highest BCUT2D eigenvalue weighted by atomic mass is 15.1. The van der Waals surface area contributed by atoms with Gasteiger partial charge in [-0.1, -0.05) is 303 Å². The van der Waals surface area contributed by atoms with Crippen LogP contribution in [0.4, 0.5) is 0 Å². The van der Waals surface area contributed by atoms with E-state index in [1.165, 1.54) is 175 Å². The highest BCUT2D eigenvalue weighted by Crippen LogP contribution is 2.46. The molecule has 0 aliphatic carbocycles. The van der Waals surface area contributed by atoms with Crippen molar-refractivity contribution >= 4 is 196 Å². The minimum absolute atomic E-state index is 0.717. The number of hydrogen-bond acceptors (Lipinski definition) is 6. The van der Waals surface area contributed by atoms with Gasteiger partial charge in [0.1, 0.15) is 5.82 Å². The lowest BCUT2D eigenvalue weighted by Gasteiger charge is -2.14. The molecule has 9 heterocycles. The highest BCUT2D eigenvalue weighted by molar-refractivity contribution is 6.26. The molecule has 0 unspecified atom stereocenters. The Morgan fingerprint density at radius 1 is 0.132 bits per heavy atom. The number of rotatable bonds is 10. The van der Waals surface area contributed by atoms with Crippen LogP contribution >= 0.6 is 0 Å². The molecule has 9 aromatic heterocycles. The lowest BCUT2D eigenvalue weighted by molar-refractivity contribution is 1.07. The monoisotopic (exact) mass is 1830 g/mol. The largest absolute Gasteiger partial charge is 0.309 e. The van der Waals surface area contributed by atoms with Crippen LogP contribution in [0.1, 0.15) is 0 Å². The minimum atomic E-state index is 0.717. The van der Waals surface area contributed by atoms with E-state index in [9.17, 15) is 0 Å². The van der Waals surface area contributed by atoms with E-state index in [1.54, 1.807) is 0 Å². The summed E-state index contributed by atoms with van der Waals surface area (Å²) in [5.41, 5.74) is 30.0. The van der Waals surface area contributed by atoms with Crippen LogP contribution in [0.5, 0.6) is 0 Å². The van der Waals surface area contributed by atoms with Crippen molar-refractivity contribution in [1.29, 1.82) is 0 Å². The SMILES string of the molecule is c1ccc(-c2nc(-n3c4ccccc4c4cc(-c5ccc6c(c5)c5ccccc5n6-c5ccccc5)ccc43)c3ccccc3n2)cc1.c1ccc(-n2c3ccccc3c3cc(-c4ccc5c(c4)c4ccccc4n5-c4cnc5ccccc5n4)ccc32)cc1.c1ccc2nc(-n3c4ccccc4c4cc(-c5ccc6c(c5)c5ccccc5n6-c5ccc6c7ccccc7c7ccccc7c6c5)ccc43)cnc2c1. The molecule has 0 N–H and O–H groups in total. The fourth-order valence-corrected chi connectivity index (χ4v) is 22.7. The number of nitrogens with zero attached hydrogens (tertiary/aromatic N) is 12. The van der Waals surface area contributed by atoms with Gasteiger partial charge in [-0.25, -0.2) is 19.9 Å². The quantitative estimate of drug-likeness (QED) is 0.126. The molecule has 12 nitrogen and oxygen atoms in total. The summed E-state index contributed by atoms with van der Waals surface area (Å²) in [5.74, 6) is 3.24. The van der Waals surface area contributed by atoms with Crippen LogP contribution in [-0.2, 0) is 0 Å². The molecule has 31 rings (SSSR count). The number of aromatic nitrogens is 12. The first-order chi connectivity index (χ1) is 71.4. The van der Waals surface area contributed by atoms with Crippen LogP contribution in [0, 0.1) is 0 Å². The van der Waals surface area contributed by atoms with E-state index in [0.29, 0.717) is 0 Å². The zero-order valence-corrected chi connectivity index (χ0v) is 77.7. The van der Waals surface area contributed by atoms with Gasteiger partial charge in [-0.3, -0.25) is 23.7 Å². The smallest absolute Gasteiger partial charge is 0.162 e. The van der Waals surface area contributed by atoms with Gasteiger partial charge in [-0.2, -0.15) is 0 Å². The Labute approximate surface area is 824 Å². The Morgan fingerprint density at radius 3 is 0.757 bits per heavy atom. The molecule has 22 aromatic carbocycles. The zero-order valence-electron chi connectivity index (χ0n) is 77.7. The van der Waals surface area contributed by atoms with Crippen LogP contribution in [-0.4, -0.2) is 57.3 Å². The fourth-order valence-electron chi connectivity index (χ4n) is 22.7. The Bertz CT molecular complexity index is 10700. The fraction of sp³-hybridized carbons (Fsp3) is 0. The molecule has 0 aliphatic heterocycles. The maximum atomic E-state index is 5.23. The molecule has 144 heavy (non-hydrogen) atoms. The number of hydrogen-bond donors (Lipinski definition) is 0. The third-order valence-electron chi connectivity index (χ3n) is 29.2. The van der Waals surface area contributed by atoms with Crippen molar-refractivity contribution in [2.75, 3.05) is 0 Å². The Hall–Kier alpha value is -19.6. The van der Waals surface area contributed by atoms with Gasteiger partial charge in [-0.05, 0) is 248 Å². The van der Waals surface area contributed by atoms with E-state index >= 15 is 0 Å². The van der Waals surface area contributed by atoms with Crippen molar-refractivity contribution in [1.82, 2.24) is 57.3 Å². The lowest BCUT2D eigenvalue weighted by Crippen LogP contribution is -2.02. The van der Waals surface area contributed by atoms with Crippen LogP contribution in [0.15, 0.2) is 498 Å². The van der Waals surface area contributed by atoms with Crippen molar-refractivity contribution in [3.63, 3.8) is 0 Å². The first-order valence-corrected chi connectivity index (χ1v) is 48.9. The average Bonchev–Trinajstić information content (AvgIpc) is 1.55. The highest BCUT2D eigenvalue weighted by Gasteiger charge is 2.25. The molecule has 0 spiro atoms. The van der Waals surface area contributed by atoms with Crippen LogP contribution in [0.2, 0.25) is 0 Å². The molecule has 0 saturated heterocycles. The molecule has 31 aromatic rings. The van der Waals surface area contributed by atoms with Gasteiger partial charge in [-0.15, -0.1) is 0 Å². The Balaban J connectivity index is 0.000000104. The topological polar surface area (TPSA) is 107 Å². The molecule has 0 radical (unpaired) electrons. The second-order valence-electron chi connectivity index (χ2n) is 37.2. The van der Waals surface area contributed by atoms with Gasteiger partial charge in [0, 0.05) is 92.6 Å². The summed E-state index contributed by atoms with van der Waals surface area (Å²) in [7, 11) is 0. The van der Waals surface area contributed by atoms with Crippen LogP contribution in [0.3, 0.4) is 0 Å². The molecule has 0 amide bonds. The van der Waals surface area contributed by atoms with Crippen molar-refractivity contribution < 1.29 is 0 Å². The molecule has 0 atom stereocenters. The second-order valence-corrected chi connectivity index (χ2v) is 37.2. The molecular formula is C132H82N12. The molecule has 12 heteroatoms. The summed E-state index contributed by atoms with van der Waals surface area (Å²) in [4.78, 5) is 29.7. The molecule has 670 valence electrons. The first kappa shape index (κ1) is 81.6. The minimum Gasteiger partial charge on any atom is -0.309 e. The summed E-state index contributed by atoms with van der Waals surface area (Å²) < 4.78 is 13.9. The average molecular weight is 1840 g/mol. The Morgan fingerprint density at radius 2 is 0.389 bits per heavy atom. The Kier molecular flexibility index (Phi) is 18.8. The van der Waals surface area contributed by atoms with E-state index in [2.05, 4.69) is 440 Å². The predicted molar refractivity (Wildman–Crippen MR) is 599 cm³/mol. The van der Waals surface area contributed by atoms with Crippen molar-refractivity contribution in [3.05, 3.63) is 498 Å². The second kappa shape index (κ2) is 33.1. The van der Waals surface area contributed by atoms with E-state index in [-0.39, 0.29) is 0 Å². The third kappa shape index (κ3) is 13.2. The molecule has 0 saturated carbocycles. The number of benzene rings is 22. The summed E-state index contributed by atoms with van der Waals surface area (Å²) >= 11 is 0. The summed E-state index contributed by atoms with van der Waals surface area (Å²) in [6.07, 6.45) is 3.75. The number of para-hydroxylation sites is 13. The van der Waals surface area contributed by atoms with Crippen molar-refractivity contribution in [2.45, 2.75) is 0 Å². The number of fused-ring (bicyclic) bond motifs is 27. The summed E-state index contributed by atoms with van der Waals surface area (Å²) in [6, 6.07) is 173. The third-order valence-corrected chi connectivity index (χ3v) is 29.2. The summed E-state index contributed by atoms with van der Waals surface area (Å²) in [5, 5.41) is 23.4. The zero-order chi connectivity index (χ0) is 94.6. The maximum absolute atomic E-state index is 5.23. The molecule has 0 aliphatic rings. The molecule has 0 fully saturated rings. The van der Waals surface area contributed by atoms with Crippen LogP contribution < -0.4 is 0 Å². The maximum Gasteiger partial charge on any atom is 0.162 e. The van der Waals surface area contributed by atoms with Gasteiger partial charge in [0.15, 0.2) is 17.5 Å². The van der Waals surface area contributed by atoms with E-state index in [1.807, 2.05) is 85.2 Å².